The molecule has 3 aliphatic rings. The Morgan fingerprint density at radius 3 is 2.22 bits per heavy atom. The fourth-order valence-corrected chi connectivity index (χ4v) is 7.87. The van der Waals surface area contributed by atoms with Crippen LogP contribution in [-0.2, 0) is 0 Å². The SMILES string of the molecule is CCNc1c(C)c(C(=O)NC2C[C@H]3CC[C@@H](C2)N3c2ccc(C(=O)N[C@@H](C)c3ccc(N4CCN(C)CC4)cc3)cn2)cc(C)c1C(N)=O. The van der Waals surface area contributed by atoms with E-state index in [-0.39, 0.29) is 36.0 Å². The highest BCUT2D eigenvalue weighted by molar-refractivity contribution is 6.05. The molecule has 11 nitrogen and oxygen atoms in total. The van der Waals surface area contributed by atoms with E-state index in [1.54, 1.807) is 12.3 Å². The van der Waals surface area contributed by atoms with Gasteiger partial charge >= 0.3 is 0 Å². The molecule has 0 aliphatic carbocycles. The molecule has 260 valence electrons. The van der Waals surface area contributed by atoms with Crippen LogP contribution in [-0.4, -0.2) is 85.5 Å². The van der Waals surface area contributed by atoms with Crippen molar-refractivity contribution in [1.29, 1.82) is 0 Å². The zero-order chi connectivity index (χ0) is 34.8. The molecule has 11 heteroatoms. The number of amides is 3. The first kappa shape index (κ1) is 34.2. The number of aromatic nitrogens is 1. The molecule has 2 aromatic carbocycles. The molecule has 2 bridgehead atoms. The van der Waals surface area contributed by atoms with Crippen molar-refractivity contribution < 1.29 is 14.4 Å². The number of nitrogens with one attached hydrogen (secondary N) is 3. The Morgan fingerprint density at radius 2 is 1.63 bits per heavy atom. The van der Waals surface area contributed by atoms with Gasteiger partial charge in [-0.15, -0.1) is 0 Å². The number of carbonyl (C=O) groups excluding carboxylic acids is 3. The summed E-state index contributed by atoms with van der Waals surface area (Å²) in [5, 5.41) is 9.65. The van der Waals surface area contributed by atoms with Gasteiger partial charge in [-0.05, 0) is 107 Å². The molecule has 1 unspecified atom stereocenters. The van der Waals surface area contributed by atoms with Gasteiger partial charge in [0.25, 0.3) is 17.7 Å². The molecule has 5 N–H and O–H groups in total. The van der Waals surface area contributed by atoms with E-state index in [0.29, 0.717) is 34.5 Å². The number of primary amides is 1. The van der Waals surface area contributed by atoms with Gasteiger partial charge in [0, 0.05) is 68.3 Å². The number of carbonyl (C=O) groups is 3. The molecule has 4 heterocycles. The molecule has 0 saturated carbocycles. The molecule has 3 amide bonds. The van der Waals surface area contributed by atoms with E-state index in [1.807, 2.05) is 39.8 Å². The van der Waals surface area contributed by atoms with E-state index in [4.69, 9.17) is 10.7 Å². The topological polar surface area (TPSA) is 136 Å². The lowest BCUT2D eigenvalue weighted by Gasteiger charge is -2.40. The van der Waals surface area contributed by atoms with Crippen molar-refractivity contribution >= 4 is 34.9 Å². The Hall–Kier alpha value is -4.64. The van der Waals surface area contributed by atoms with Crippen LogP contribution in [0.4, 0.5) is 17.2 Å². The minimum absolute atomic E-state index is 0.0292. The highest BCUT2D eigenvalue weighted by Gasteiger charge is 2.42. The first-order valence-corrected chi connectivity index (χ1v) is 17.6. The summed E-state index contributed by atoms with van der Waals surface area (Å²) in [6, 6.07) is 14.5. The van der Waals surface area contributed by atoms with Crippen molar-refractivity contribution in [1.82, 2.24) is 20.5 Å². The van der Waals surface area contributed by atoms with Gasteiger partial charge in [-0.25, -0.2) is 4.98 Å². The molecule has 3 saturated heterocycles. The Kier molecular flexibility index (Phi) is 10.1. The first-order chi connectivity index (χ1) is 23.5. The molecule has 3 aromatic rings. The largest absolute Gasteiger partial charge is 0.384 e. The smallest absolute Gasteiger partial charge is 0.253 e. The summed E-state index contributed by atoms with van der Waals surface area (Å²) in [4.78, 5) is 50.7. The maximum atomic E-state index is 13.5. The quantitative estimate of drug-likeness (QED) is 0.250. The summed E-state index contributed by atoms with van der Waals surface area (Å²) in [6.45, 7) is 12.4. The molecule has 3 fully saturated rings. The third kappa shape index (κ3) is 7.22. The van der Waals surface area contributed by atoms with Crippen molar-refractivity contribution in [3.8, 4) is 0 Å². The maximum Gasteiger partial charge on any atom is 0.253 e. The van der Waals surface area contributed by atoms with Crippen LogP contribution < -0.4 is 31.5 Å². The molecule has 1 aromatic heterocycles. The summed E-state index contributed by atoms with van der Waals surface area (Å²) in [5.41, 5.74) is 11.5. The van der Waals surface area contributed by atoms with E-state index in [9.17, 15) is 14.4 Å². The number of piperazine rings is 1. The number of hydrogen-bond donors (Lipinski definition) is 4. The van der Waals surface area contributed by atoms with Crippen LogP contribution >= 0.6 is 0 Å². The van der Waals surface area contributed by atoms with Crippen molar-refractivity contribution in [2.45, 2.75) is 77.5 Å². The van der Waals surface area contributed by atoms with Gasteiger partial charge in [-0.3, -0.25) is 14.4 Å². The second-order valence-corrected chi connectivity index (χ2v) is 13.9. The Labute approximate surface area is 289 Å². The number of nitrogens with zero attached hydrogens (tertiary/aromatic N) is 4. The standard InChI is InChI=1S/C38H50N8O3/c1-6-40-35-24(3)32(19-23(2)34(35)36(39)47)38(49)43-28-20-30-12-13-31(21-28)46(30)33-14-9-27(22-41-33)37(48)42-25(4)26-7-10-29(11-8-26)45-17-15-44(5)16-18-45/h7-11,14,19,22,25,28,30-31,40H,6,12-13,15-18,20-21H2,1-5H3,(H2,39,47)(H,42,48)(H,43,49)/t25-,28?,30-,31+/m0/s1. The van der Waals surface area contributed by atoms with Crippen LogP contribution in [0.3, 0.4) is 0 Å². The maximum absolute atomic E-state index is 13.5. The number of benzene rings is 2. The van der Waals surface area contributed by atoms with Crippen LogP contribution in [0.15, 0.2) is 48.7 Å². The Bertz CT molecular complexity index is 1670. The van der Waals surface area contributed by atoms with Gasteiger partial charge < -0.3 is 36.4 Å². The van der Waals surface area contributed by atoms with Crippen LogP contribution in [0.2, 0.25) is 0 Å². The van der Waals surface area contributed by atoms with Crippen LogP contribution in [0, 0.1) is 13.8 Å². The normalized spacial score (nSPS) is 21.3. The lowest BCUT2D eigenvalue weighted by molar-refractivity contribution is 0.0921. The monoisotopic (exact) mass is 666 g/mol. The third-order valence-corrected chi connectivity index (χ3v) is 10.6. The van der Waals surface area contributed by atoms with Gasteiger partial charge in [0.2, 0.25) is 0 Å². The van der Waals surface area contributed by atoms with Gasteiger partial charge in [0.15, 0.2) is 0 Å². The van der Waals surface area contributed by atoms with Crippen LogP contribution in [0.25, 0.3) is 0 Å². The third-order valence-electron chi connectivity index (χ3n) is 10.6. The Balaban J connectivity index is 1.05. The minimum atomic E-state index is -0.508. The van der Waals surface area contributed by atoms with Gasteiger partial charge in [0.05, 0.1) is 22.9 Å². The summed E-state index contributed by atoms with van der Waals surface area (Å²) in [6.07, 6.45) is 5.36. The molecular weight excluding hydrogens is 616 g/mol. The fourth-order valence-electron chi connectivity index (χ4n) is 7.87. The number of pyridine rings is 1. The molecule has 49 heavy (non-hydrogen) atoms. The number of likely N-dealkylation sites (N-methyl/N-ethyl adjacent to an activating group) is 1. The summed E-state index contributed by atoms with van der Waals surface area (Å²) in [5.74, 6) is 0.0740. The molecule has 6 rings (SSSR count). The molecule has 0 spiro atoms. The lowest BCUT2D eigenvalue weighted by Crippen LogP contribution is -2.51. The zero-order valence-corrected chi connectivity index (χ0v) is 29.4. The Morgan fingerprint density at radius 1 is 0.959 bits per heavy atom. The van der Waals surface area contributed by atoms with Crippen molar-refractivity contribution in [3.05, 3.63) is 82.0 Å². The van der Waals surface area contributed by atoms with Gasteiger partial charge in [-0.1, -0.05) is 12.1 Å². The number of anilines is 3. The van der Waals surface area contributed by atoms with E-state index in [2.05, 4.69) is 62.0 Å². The van der Waals surface area contributed by atoms with Crippen molar-refractivity contribution in [3.63, 3.8) is 0 Å². The summed E-state index contributed by atoms with van der Waals surface area (Å²) in [7, 11) is 2.16. The molecular formula is C38H50N8O3. The summed E-state index contributed by atoms with van der Waals surface area (Å²) < 4.78 is 0. The van der Waals surface area contributed by atoms with E-state index >= 15 is 0 Å². The predicted octanol–water partition coefficient (Wildman–Crippen LogP) is 4.40. The lowest BCUT2D eigenvalue weighted by atomic mass is 9.94. The number of piperidine rings is 1. The van der Waals surface area contributed by atoms with Gasteiger partial charge in [0.1, 0.15) is 5.82 Å². The number of hydrogen-bond acceptors (Lipinski definition) is 8. The molecule has 4 atom stereocenters. The van der Waals surface area contributed by atoms with E-state index in [1.165, 1.54) is 5.69 Å². The average Bonchev–Trinajstić information content (AvgIpc) is 3.36. The number of aryl methyl sites for hydroxylation is 1. The predicted molar refractivity (Wildman–Crippen MR) is 195 cm³/mol. The number of fused-ring (bicyclic) bond motifs is 2. The average molecular weight is 667 g/mol. The first-order valence-electron chi connectivity index (χ1n) is 17.6. The highest BCUT2D eigenvalue weighted by atomic mass is 16.2. The van der Waals surface area contributed by atoms with Crippen molar-refractivity contribution in [2.75, 3.05) is 54.9 Å². The van der Waals surface area contributed by atoms with Crippen molar-refractivity contribution in [2.24, 2.45) is 5.73 Å². The minimum Gasteiger partial charge on any atom is -0.384 e. The molecule has 3 aliphatic heterocycles. The van der Waals surface area contributed by atoms with E-state index in [0.717, 1.165) is 68.8 Å². The molecule has 0 radical (unpaired) electrons. The van der Waals surface area contributed by atoms with Crippen LogP contribution in [0.5, 0.6) is 0 Å². The number of rotatable bonds is 10. The van der Waals surface area contributed by atoms with Gasteiger partial charge in [-0.2, -0.15) is 0 Å². The van der Waals surface area contributed by atoms with E-state index < -0.39 is 5.91 Å². The fraction of sp³-hybridized carbons (Fsp3) is 0.474. The highest BCUT2D eigenvalue weighted by Crippen LogP contribution is 2.39. The second-order valence-electron chi connectivity index (χ2n) is 13.9. The summed E-state index contributed by atoms with van der Waals surface area (Å²) >= 11 is 0. The number of nitrogens with two attached hydrogens (primary N) is 1. The zero-order valence-electron chi connectivity index (χ0n) is 29.4. The second kappa shape index (κ2) is 14.5. The van der Waals surface area contributed by atoms with Crippen LogP contribution in [0.1, 0.15) is 93.3 Å².